The van der Waals surface area contributed by atoms with E-state index in [1.54, 1.807) is 0 Å². The number of amides is 1. The van der Waals surface area contributed by atoms with Gasteiger partial charge in [-0.1, -0.05) is 42.9 Å². The van der Waals surface area contributed by atoms with E-state index in [1.807, 2.05) is 24.3 Å². The Morgan fingerprint density at radius 2 is 2.00 bits per heavy atom. The fraction of sp³-hybridized carbons (Fsp3) is 0.375. The lowest BCUT2D eigenvalue weighted by Crippen LogP contribution is -2.23. The standard InChI is InChI=1S/C16H21N5OSi/c1-23(2,3)11-10-13-4-6-14(7-5-13)12-17-16(22)9-8-15-18-20-21-19-15/h4-7H,8-9,12H2,1-3H3,(H,17,22)(H,18,19,20,21). The van der Waals surface area contributed by atoms with Gasteiger partial charge in [-0.15, -0.1) is 15.7 Å². The van der Waals surface area contributed by atoms with Crippen molar-refractivity contribution in [2.24, 2.45) is 0 Å². The summed E-state index contributed by atoms with van der Waals surface area (Å²) < 4.78 is 0. The van der Waals surface area contributed by atoms with E-state index in [0.717, 1.165) is 11.1 Å². The molecule has 0 radical (unpaired) electrons. The van der Waals surface area contributed by atoms with Gasteiger partial charge in [0.25, 0.3) is 0 Å². The third-order valence-corrected chi connectivity index (χ3v) is 3.87. The largest absolute Gasteiger partial charge is 0.352 e. The molecule has 0 saturated carbocycles. The van der Waals surface area contributed by atoms with Gasteiger partial charge in [-0.3, -0.25) is 4.79 Å². The van der Waals surface area contributed by atoms with Crippen molar-refractivity contribution >= 4 is 14.0 Å². The molecule has 1 amide bonds. The average Bonchev–Trinajstić information content (AvgIpc) is 3.02. The van der Waals surface area contributed by atoms with Crippen LogP contribution in [0.2, 0.25) is 19.6 Å². The summed E-state index contributed by atoms with van der Waals surface area (Å²) in [6.45, 7) is 7.17. The van der Waals surface area contributed by atoms with Gasteiger partial charge in [-0.05, 0) is 17.7 Å². The van der Waals surface area contributed by atoms with Crippen molar-refractivity contribution in [2.75, 3.05) is 0 Å². The molecule has 0 aliphatic heterocycles. The first-order valence-electron chi connectivity index (χ1n) is 7.53. The minimum atomic E-state index is -1.35. The van der Waals surface area contributed by atoms with Crippen LogP contribution in [0.15, 0.2) is 24.3 Å². The summed E-state index contributed by atoms with van der Waals surface area (Å²) in [6, 6.07) is 7.98. The number of carbonyl (C=O) groups excluding carboxylic acids is 1. The van der Waals surface area contributed by atoms with Gasteiger partial charge in [0.1, 0.15) is 8.07 Å². The zero-order chi connectivity index (χ0) is 16.7. The number of rotatable bonds is 5. The first-order chi connectivity index (χ1) is 10.9. The number of hydrogen-bond acceptors (Lipinski definition) is 4. The number of H-pyrrole nitrogens is 1. The highest BCUT2D eigenvalue weighted by molar-refractivity contribution is 6.83. The second-order valence-corrected chi connectivity index (χ2v) is 11.1. The molecule has 1 aromatic heterocycles. The molecule has 0 aliphatic carbocycles. The molecule has 1 heterocycles. The second-order valence-electron chi connectivity index (χ2n) is 6.30. The SMILES string of the molecule is C[Si](C)(C)C#Cc1ccc(CNC(=O)CCc2nn[nH]n2)cc1. The van der Waals surface area contributed by atoms with Crippen LogP contribution in [0.1, 0.15) is 23.4 Å². The molecular weight excluding hydrogens is 306 g/mol. The summed E-state index contributed by atoms with van der Waals surface area (Å²) in [5, 5.41) is 16.3. The summed E-state index contributed by atoms with van der Waals surface area (Å²) in [5.74, 6) is 3.73. The predicted octanol–water partition coefficient (Wildman–Crippen LogP) is 1.68. The topological polar surface area (TPSA) is 83.6 Å². The molecule has 23 heavy (non-hydrogen) atoms. The Kier molecular flexibility index (Phi) is 5.65. The van der Waals surface area contributed by atoms with E-state index in [2.05, 4.69) is 57.0 Å². The number of aromatic amines is 1. The predicted molar refractivity (Wildman–Crippen MR) is 91.0 cm³/mol. The molecule has 0 atom stereocenters. The summed E-state index contributed by atoms with van der Waals surface area (Å²) in [6.07, 6.45) is 0.826. The van der Waals surface area contributed by atoms with Crippen LogP contribution in [-0.2, 0) is 17.8 Å². The molecule has 2 rings (SSSR count). The number of tetrazole rings is 1. The lowest BCUT2D eigenvalue weighted by Gasteiger charge is -2.05. The maximum Gasteiger partial charge on any atom is 0.220 e. The van der Waals surface area contributed by atoms with Gasteiger partial charge in [0.15, 0.2) is 5.82 Å². The van der Waals surface area contributed by atoms with Crippen LogP contribution in [0.5, 0.6) is 0 Å². The number of aromatic nitrogens is 4. The van der Waals surface area contributed by atoms with Crippen LogP contribution < -0.4 is 5.32 Å². The monoisotopic (exact) mass is 327 g/mol. The van der Waals surface area contributed by atoms with Gasteiger partial charge in [0.2, 0.25) is 5.91 Å². The Bertz CT molecular complexity index is 693. The average molecular weight is 327 g/mol. The molecule has 0 fully saturated rings. The number of carbonyl (C=O) groups is 1. The molecule has 2 N–H and O–H groups in total. The second kappa shape index (κ2) is 7.69. The van der Waals surface area contributed by atoms with Crippen molar-refractivity contribution in [3.63, 3.8) is 0 Å². The molecule has 1 aromatic carbocycles. The Morgan fingerprint density at radius 1 is 1.26 bits per heavy atom. The number of hydrogen-bond donors (Lipinski definition) is 2. The zero-order valence-electron chi connectivity index (χ0n) is 13.7. The van der Waals surface area contributed by atoms with Crippen molar-refractivity contribution in [3.05, 3.63) is 41.2 Å². The fourth-order valence-corrected chi connectivity index (χ4v) is 2.29. The molecule has 0 saturated heterocycles. The van der Waals surface area contributed by atoms with Gasteiger partial charge < -0.3 is 5.32 Å². The number of nitrogens with zero attached hydrogens (tertiary/aromatic N) is 3. The summed E-state index contributed by atoms with van der Waals surface area (Å²) in [5.41, 5.74) is 5.40. The van der Waals surface area contributed by atoms with E-state index in [0.29, 0.717) is 25.2 Å². The molecule has 7 heteroatoms. The third-order valence-electron chi connectivity index (χ3n) is 2.99. The minimum absolute atomic E-state index is 0.0302. The van der Waals surface area contributed by atoms with Crippen LogP contribution in [0.25, 0.3) is 0 Å². The number of nitrogens with one attached hydrogen (secondary N) is 2. The van der Waals surface area contributed by atoms with Crippen LogP contribution >= 0.6 is 0 Å². The van der Waals surface area contributed by atoms with E-state index in [1.165, 1.54) is 0 Å². The molecule has 0 spiro atoms. The minimum Gasteiger partial charge on any atom is -0.352 e. The first kappa shape index (κ1) is 16.9. The zero-order valence-corrected chi connectivity index (χ0v) is 14.7. The molecule has 120 valence electrons. The third kappa shape index (κ3) is 6.44. The van der Waals surface area contributed by atoms with E-state index in [9.17, 15) is 4.79 Å². The quantitative estimate of drug-likeness (QED) is 0.646. The van der Waals surface area contributed by atoms with Crippen molar-refractivity contribution < 1.29 is 4.79 Å². The maximum absolute atomic E-state index is 11.8. The first-order valence-corrected chi connectivity index (χ1v) is 11.0. The highest BCUT2D eigenvalue weighted by Gasteiger charge is 2.07. The molecular formula is C16H21N5OSi. The van der Waals surface area contributed by atoms with Gasteiger partial charge in [0.05, 0.1) is 0 Å². The smallest absolute Gasteiger partial charge is 0.220 e. The van der Waals surface area contributed by atoms with E-state index >= 15 is 0 Å². The van der Waals surface area contributed by atoms with E-state index in [4.69, 9.17) is 0 Å². The highest BCUT2D eigenvalue weighted by atomic mass is 28.3. The van der Waals surface area contributed by atoms with Crippen molar-refractivity contribution in [1.29, 1.82) is 0 Å². The maximum atomic E-state index is 11.8. The molecule has 0 bridgehead atoms. The van der Waals surface area contributed by atoms with Crippen molar-refractivity contribution in [1.82, 2.24) is 25.9 Å². The van der Waals surface area contributed by atoms with Gasteiger partial charge in [0, 0.05) is 24.9 Å². The van der Waals surface area contributed by atoms with Gasteiger partial charge in [-0.2, -0.15) is 5.21 Å². The Morgan fingerprint density at radius 3 is 2.61 bits per heavy atom. The Labute approximate surface area is 137 Å². The Hall–Kier alpha value is -2.46. The lowest BCUT2D eigenvalue weighted by molar-refractivity contribution is -0.121. The van der Waals surface area contributed by atoms with Gasteiger partial charge in [-0.25, -0.2) is 0 Å². The van der Waals surface area contributed by atoms with Crippen molar-refractivity contribution in [2.45, 2.75) is 39.0 Å². The van der Waals surface area contributed by atoms with Crippen LogP contribution in [0.4, 0.5) is 0 Å². The normalized spacial score (nSPS) is 10.7. The fourth-order valence-electron chi connectivity index (χ4n) is 1.77. The van der Waals surface area contributed by atoms with Crippen LogP contribution in [0.3, 0.4) is 0 Å². The highest BCUT2D eigenvalue weighted by Crippen LogP contribution is 2.05. The molecule has 2 aromatic rings. The van der Waals surface area contributed by atoms with E-state index in [-0.39, 0.29) is 5.91 Å². The molecule has 6 nitrogen and oxygen atoms in total. The molecule has 0 unspecified atom stereocenters. The van der Waals surface area contributed by atoms with E-state index < -0.39 is 8.07 Å². The number of aryl methyl sites for hydroxylation is 1. The van der Waals surface area contributed by atoms with Crippen molar-refractivity contribution in [3.8, 4) is 11.5 Å². The lowest BCUT2D eigenvalue weighted by atomic mass is 10.1. The molecule has 0 aliphatic rings. The summed E-state index contributed by atoms with van der Waals surface area (Å²) >= 11 is 0. The van der Waals surface area contributed by atoms with Crippen LogP contribution in [0, 0.1) is 11.5 Å². The van der Waals surface area contributed by atoms with Gasteiger partial charge >= 0.3 is 0 Å². The number of benzene rings is 1. The Balaban J connectivity index is 1.79. The summed E-state index contributed by atoms with van der Waals surface area (Å²) in [7, 11) is -1.35. The summed E-state index contributed by atoms with van der Waals surface area (Å²) in [4.78, 5) is 11.8. The van der Waals surface area contributed by atoms with Crippen LogP contribution in [-0.4, -0.2) is 34.6 Å².